The van der Waals surface area contributed by atoms with Gasteiger partial charge in [0.05, 0.1) is 24.5 Å². The average molecular weight is 576 g/mol. The van der Waals surface area contributed by atoms with Gasteiger partial charge in [0.15, 0.2) is 8.32 Å². The Morgan fingerprint density at radius 1 is 1.05 bits per heavy atom. The number of nitrogens with zero attached hydrogens (tertiary/aromatic N) is 4. The highest BCUT2D eigenvalue weighted by Crippen LogP contribution is 2.41. The van der Waals surface area contributed by atoms with Crippen molar-refractivity contribution < 1.29 is 13.9 Å². The normalized spacial score (nSPS) is 19.4. The van der Waals surface area contributed by atoms with Crippen LogP contribution in [0.25, 0.3) is 11.3 Å². The Bertz CT molecular complexity index is 1610. The molecule has 1 saturated heterocycles. The lowest BCUT2D eigenvalue weighted by atomic mass is 10.1. The number of H-pyrrole nitrogens is 1. The fraction of sp³-hybridized carbons (Fsp3) is 0.400. The van der Waals surface area contributed by atoms with E-state index in [9.17, 15) is 9.59 Å². The fourth-order valence-electron chi connectivity index (χ4n) is 4.61. The van der Waals surface area contributed by atoms with Crippen LogP contribution in [0.4, 0.5) is 0 Å². The zero-order valence-corrected chi connectivity index (χ0v) is 25.3. The van der Waals surface area contributed by atoms with Crippen LogP contribution < -0.4 is 16.0 Å². The van der Waals surface area contributed by atoms with Gasteiger partial charge in [0.1, 0.15) is 23.8 Å². The molecule has 0 spiro atoms. The molecule has 5 rings (SSSR count). The second-order valence-corrected chi connectivity index (χ2v) is 16.8. The summed E-state index contributed by atoms with van der Waals surface area (Å²) in [5.74, 6) is 1.48. The molecule has 41 heavy (non-hydrogen) atoms. The SMILES string of the molecule is Cc1cn([C@H]2C[C@H](n3nncc3-c3ccc(Oc4ccccc4)cc3)[C@@H](CO[Si](C)(C)C(C)(C)C)O2)c(=O)[nH]c1=O. The number of ether oxygens (including phenoxy) is 2. The van der Waals surface area contributed by atoms with Gasteiger partial charge in [-0.3, -0.25) is 14.3 Å². The van der Waals surface area contributed by atoms with Gasteiger partial charge in [0.25, 0.3) is 5.56 Å². The Hall–Kier alpha value is -3.80. The van der Waals surface area contributed by atoms with Gasteiger partial charge in [-0.1, -0.05) is 44.2 Å². The Labute approximate surface area is 240 Å². The molecule has 10 nitrogen and oxygen atoms in total. The van der Waals surface area contributed by atoms with E-state index in [2.05, 4.69) is 49.2 Å². The highest BCUT2D eigenvalue weighted by molar-refractivity contribution is 6.74. The number of nitrogens with one attached hydrogen (secondary N) is 1. The van der Waals surface area contributed by atoms with Crippen LogP contribution >= 0.6 is 0 Å². The van der Waals surface area contributed by atoms with E-state index in [0.717, 1.165) is 22.8 Å². The first-order chi connectivity index (χ1) is 19.4. The van der Waals surface area contributed by atoms with Gasteiger partial charge >= 0.3 is 5.69 Å². The molecule has 0 aliphatic carbocycles. The molecule has 3 heterocycles. The minimum absolute atomic E-state index is 0.0233. The van der Waals surface area contributed by atoms with Crippen molar-refractivity contribution in [3.63, 3.8) is 0 Å². The summed E-state index contributed by atoms with van der Waals surface area (Å²) in [6.07, 6.45) is 2.72. The van der Waals surface area contributed by atoms with E-state index >= 15 is 0 Å². The Morgan fingerprint density at radius 2 is 1.73 bits per heavy atom. The summed E-state index contributed by atoms with van der Waals surface area (Å²) in [6, 6.07) is 17.1. The van der Waals surface area contributed by atoms with Crippen molar-refractivity contribution in [3.8, 4) is 22.8 Å². The van der Waals surface area contributed by atoms with Gasteiger partial charge in [0, 0.05) is 23.7 Å². The van der Waals surface area contributed by atoms with Crippen LogP contribution in [0.5, 0.6) is 11.5 Å². The van der Waals surface area contributed by atoms with Crippen molar-refractivity contribution in [1.29, 1.82) is 0 Å². The number of rotatable bonds is 8. The first-order valence-corrected chi connectivity index (χ1v) is 16.7. The van der Waals surface area contributed by atoms with Gasteiger partial charge in [-0.25, -0.2) is 9.48 Å². The van der Waals surface area contributed by atoms with Gasteiger partial charge in [0.2, 0.25) is 0 Å². The predicted molar refractivity (Wildman–Crippen MR) is 159 cm³/mol. The van der Waals surface area contributed by atoms with E-state index in [4.69, 9.17) is 13.9 Å². The van der Waals surface area contributed by atoms with E-state index in [1.54, 1.807) is 19.3 Å². The van der Waals surface area contributed by atoms with Crippen molar-refractivity contribution in [2.75, 3.05) is 6.61 Å². The van der Waals surface area contributed by atoms with Gasteiger partial charge in [-0.05, 0) is 61.5 Å². The molecular formula is C30H37N5O5Si. The monoisotopic (exact) mass is 575 g/mol. The number of hydrogen-bond acceptors (Lipinski definition) is 7. The summed E-state index contributed by atoms with van der Waals surface area (Å²) in [6.45, 7) is 13.0. The largest absolute Gasteiger partial charge is 0.457 e. The van der Waals surface area contributed by atoms with Crippen LogP contribution in [0.2, 0.25) is 18.1 Å². The lowest BCUT2D eigenvalue weighted by molar-refractivity contribution is -0.0296. The predicted octanol–water partition coefficient (Wildman–Crippen LogP) is 5.45. The number of benzene rings is 2. The maximum absolute atomic E-state index is 12.7. The molecule has 2 aromatic heterocycles. The first kappa shape index (κ1) is 28.7. The Morgan fingerprint density at radius 3 is 2.41 bits per heavy atom. The summed E-state index contributed by atoms with van der Waals surface area (Å²) in [4.78, 5) is 27.1. The quantitative estimate of drug-likeness (QED) is 0.278. The molecular weight excluding hydrogens is 538 g/mol. The van der Waals surface area contributed by atoms with Crippen LogP contribution in [0, 0.1) is 6.92 Å². The van der Waals surface area contributed by atoms with Crippen LogP contribution in [0.3, 0.4) is 0 Å². The van der Waals surface area contributed by atoms with Gasteiger partial charge in [-0.15, -0.1) is 5.10 Å². The molecule has 0 amide bonds. The zero-order valence-electron chi connectivity index (χ0n) is 24.3. The molecule has 2 aromatic carbocycles. The number of aromatic nitrogens is 5. The average Bonchev–Trinajstić information content (AvgIpc) is 3.57. The molecule has 0 saturated carbocycles. The number of aromatic amines is 1. The van der Waals surface area contributed by atoms with Crippen molar-refractivity contribution in [3.05, 3.63) is 93.4 Å². The topological polar surface area (TPSA) is 113 Å². The highest BCUT2D eigenvalue weighted by atomic mass is 28.4. The number of hydrogen-bond donors (Lipinski definition) is 1. The van der Waals surface area contributed by atoms with Crippen molar-refractivity contribution in [2.24, 2.45) is 0 Å². The van der Waals surface area contributed by atoms with E-state index in [0.29, 0.717) is 18.6 Å². The lowest BCUT2D eigenvalue weighted by Gasteiger charge is -2.37. The molecule has 1 fully saturated rings. The summed E-state index contributed by atoms with van der Waals surface area (Å²) in [5, 5.41) is 8.71. The Balaban J connectivity index is 1.44. The van der Waals surface area contributed by atoms with Crippen molar-refractivity contribution >= 4 is 8.32 Å². The van der Waals surface area contributed by atoms with Crippen LogP contribution in [-0.2, 0) is 9.16 Å². The van der Waals surface area contributed by atoms with Crippen molar-refractivity contribution in [1.82, 2.24) is 24.5 Å². The molecule has 1 N–H and O–H groups in total. The third kappa shape index (κ3) is 6.12. The standard InChI is InChI=1S/C30H37N5O5Si/c1-20-18-34(29(37)32-28(20)36)27-16-24(26(40-27)19-38-41(5,6)30(2,3)4)35-25(17-31-33-35)21-12-14-23(15-13-21)39-22-10-8-7-9-11-22/h7-15,17-18,24,26-27H,16,19H2,1-6H3,(H,32,36,37)/t24-,26+,27+/m0/s1. The Kier molecular flexibility index (Phi) is 7.86. The molecule has 216 valence electrons. The highest BCUT2D eigenvalue weighted by Gasteiger charge is 2.43. The minimum Gasteiger partial charge on any atom is -0.457 e. The maximum atomic E-state index is 12.7. The van der Waals surface area contributed by atoms with Crippen molar-refractivity contribution in [2.45, 2.75) is 70.6 Å². The lowest BCUT2D eigenvalue weighted by Crippen LogP contribution is -2.43. The van der Waals surface area contributed by atoms with Crippen LogP contribution in [0.15, 0.2) is 76.6 Å². The van der Waals surface area contributed by atoms with Gasteiger partial charge in [-0.2, -0.15) is 0 Å². The third-order valence-electron chi connectivity index (χ3n) is 8.09. The van der Waals surface area contributed by atoms with E-state index in [1.165, 1.54) is 4.57 Å². The van der Waals surface area contributed by atoms with Gasteiger partial charge < -0.3 is 13.9 Å². The molecule has 0 radical (unpaired) electrons. The van der Waals surface area contributed by atoms with E-state index in [-0.39, 0.29) is 11.1 Å². The van der Waals surface area contributed by atoms with Crippen LogP contribution in [0.1, 0.15) is 45.0 Å². The summed E-state index contributed by atoms with van der Waals surface area (Å²) < 4.78 is 22.3. The second kappa shape index (κ2) is 11.2. The molecule has 1 aliphatic rings. The third-order valence-corrected chi connectivity index (χ3v) is 12.6. The smallest absolute Gasteiger partial charge is 0.330 e. The zero-order chi connectivity index (χ0) is 29.4. The molecule has 11 heteroatoms. The number of para-hydroxylation sites is 1. The molecule has 0 unspecified atom stereocenters. The van der Waals surface area contributed by atoms with Crippen LogP contribution in [-0.4, -0.2) is 45.6 Å². The molecule has 4 aromatic rings. The van der Waals surface area contributed by atoms with E-state index in [1.807, 2.05) is 59.3 Å². The summed E-state index contributed by atoms with van der Waals surface area (Å²) in [7, 11) is -2.09. The molecule has 0 bridgehead atoms. The first-order valence-electron chi connectivity index (χ1n) is 13.8. The van der Waals surface area contributed by atoms with E-state index < -0.39 is 31.9 Å². The summed E-state index contributed by atoms with van der Waals surface area (Å²) in [5.41, 5.74) is 1.25. The fourth-order valence-corrected chi connectivity index (χ4v) is 5.63. The number of aryl methyl sites for hydroxylation is 1. The molecule has 3 atom stereocenters. The summed E-state index contributed by atoms with van der Waals surface area (Å²) >= 11 is 0. The minimum atomic E-state index is -2.09. The molecule has 1 aliphatic heterocycles. The maximum Gasteiger partial charge on any atom is 0.330 e. The second-order valence-electron chi connectivity index (χ2n) is 12.0.